The molecule has 3 aromatic rings. The Morgan fingerprint density at radius 1 is 0.906 bits per heavy atom. The van der Waals surface area contributed by atoms with Crippen molar-refractivity contribution in [2.24, 2.45) is 0 Å². The van der Waals surface area contributed by atoms with Gasteiger partial charge < -0.3 is 4.74 Å². The number of ether oxygens (including phenoxy) is 1. The molecule has 0 radical (unpaired) electrons. The lowest BCUT2D eigenvalue weighted by Gasteiger charge is -2.12. The van der Waals surface area contributed by atoms with E-state index in [1.165, 1.54) is 30.3 Å². The quantitative estimate of drug-likeness (QED) is 0.453. The van der Waals surface area contributed by atoms with E-state index in [4.69, 9.17) is 16.3 Å². The second-order valence-electron chi connectivity index (χ2n) is 6.45. The maximum Gasteiger partial charge on any atom is 0.273 e. The van der Waals surface area contributed by atoms with Crippen molar-refractivity contribution in [3.05, 3.63) is 88.9 Å². The topological polar surface area (TPSA) is 114 Å². The molecular weight excluding hydrogens is 454 g/mol. The fraction of sp³-hybridized carbons (Fsp3) is 0.0909. The average molecular weight is 474 g/mol. The normalized spacial score (nSPS) is 10.8. The van der Waals surface area contributed by atoms with Crippen molar-refractivity contribution in [1.29, 1.82) is 0 Å². The molecule has 0 heterocycles. The van der Waals surface area contributed by atoms with E-state index < -0.39 is 21.8 Å². The second kappa shape index (κ2) is 10.2. The number of benzene rings is 3. The Morgan fingerprint density at radius 2 is 1.59 bits per heavy atom. The summed E-state index contributed by atoms with van der Waals surface area (Å²) >= 11 is 6.01. The first-order chi connectivity index (χ1) is 15.3. The number of hydrogen-bond acceptors (Lipinski definition) is 5. The van der Waals surface area contributed by atoms with Crippen LogP contribution in [0.4, 0.5) is 5.69 Å². The molecule has 3 aromatic carbocycles. The molecule has 0 saturated heterocycles. The van der Waals surface area contributed by atoms with E-state index in [0.717, 1.165) is 0 Å². The zero-order chi connectivity index (χ0) is 23.1. The van der Waals surface area contributed by atoms with Crippen LogP contribution in [0, 0.1) is 0 Å². The van der Waals surface area contributed by atoms with E-state index in [-0.39, 0.29) is 26.7 Å². The molecule has 0 aromatic heterocycles. The molecule has 0 spiro atoms. The van der Waals surface area contributed by atoms with Crippen LogP contribution in [-0.2, 0) is 10.0 Å². The average Bonchev–Trinajstić information content (AvgIpc) is 2.79. The highest BCUT2D eigenvalue weighted by Crippen LogP contribution is 2.24. The third-order valence-electron chi connectivity index (χ3n) is 4.25. The number of carbonyl (C=O) groups excluding carboxylic acids is 2. The van der Waals surface area contributed by atoms with Crippen LogP contribution in [0.5, 0.6) is 5.75 Å². The second-order valence-corrected chi connectivity index (χ2v) is 8.54. The van der Waals surface area contributed by atoms with Gasteiger partial charge in [0.2, 0.25) is 0 Å². The van der Waals surface area contributed by atoms with E-state index in [1.807, 2.05) is 0 Å². The Balaban J connectivity index is 1.72. The van der Waals surface area contributed by atoms with Gasteiger partial charge in [-0.05, 0) is 49.4 Å². The summed E-state index contributed by atoms with van der Waals surface area (Å²) < 4.78 is 33.2. The molecule has 3 rings (SSSR count). The molecule has 0 unspecified atom stereocenters. The van der Waals surface area contributed by atoms with Gasteiger partial charge in [-0.15, -0.1) is 0 Å². The number of carbonyl (C=O) groups is 2. The summed E-state index contributed by atoms with van der Waals surface area (Å²) in [6, 6.07) is 18.3. The molecule has 3 N–H and O–H groups in total. The Bertz CT molecular complexity index is 1250. The van der Waals surface area contributed by atoms with E-state index in [1.54, 1.807) is 49.4 Å². The fourth-order valence-electron chi connectivity index (χ4n) is 2.74. The third-order valence-corrected chi connectivity index (χ3v) is 5.94. The first-order valence-electron chi connectivity index (χ1n) is 9.51. The van der Waals surface area contributed by atoms with Crippen LogP contribution in [0.1, 0.15) is 27.6 Å². The highest BCUT2D eigenvalue weighted by Gasteiger charge is 2.18. The van der Waals surface area contributed by atoms with Gasteiger partial charge in [0.05, 0.1) is 27.8 Å². The van der Waals surface area contributed by atoms with Crippen LogP contribution in [0.2, 0.25) is 5.02 Å². The van der Waals surface area contributed by atoms with Crippen molar-refractivity contribution in [2.75, 3.05) is 11.3 Å². The lowest BCUT2D eigenvalue weighted by atomic mass is 10.2. The zero-order valence-corrected chi connectivity index (χ0v) is 18.5. The SMILES string of the molecule is CCOc1ccccc1C(=O)NNC(=O)c1cccc(S(=O)(=O)Nc2ccccc2Cl)c1. The van der Waals surface area contributed by atoms with Crippen molar-refractivity contribution in [1.82, 2.24) is 10.9 Å². The molecule has 166 valence electrons. The maximum absolute atomic E-state index is 12.7. The van der Waals surface area contributed by atoms with Crippen molar-refractivity contribution < 1.29 is 22.7 Å². The standard InChI is InChI=1S/C22H20ClN3O5S/c1-2-31-20-13-6-3-10-17(20)22(28)25-24-21(27)15-8-7-9-16(14-15)32(29,30)26-19-12-5-4-11-18(19)23/h3-14,26H,2H2,1H3,(H,24,27)(H,25,28). The summed E-state index contributed by atoms with van der Waals surface area (Å²) in [6.45, 7) is 2.16. The van der Waals surface area contributed by atoms with Crippen molar-refractivity contribution in [2.45, 2.75) is 11.8 Å². The molecule has 32 heavy (non-hydrogen) atoms. The Kier molecular flexibility index (Phi) is 7.34. The van der Waals surface area contributed by atoms with E-state index >= 15 is 0 Å². The Labute approximate surface area is 190 Å². The van der Waals surface area contributed by atoms with E-state index in [9.17, 15) is 18.0 Å². The highest BCUT2D eigenvalue weighted by atomic mass is 35.5. The molecule has 0 aliphatic heterocycles. The minimum absolute atomic E-state index is 0.0328. The molecule has 0 fully saturated rings. The number of sulfonamides is 1. The number of hydrazine groups is 1. The summed E-state index contributed by atoms with van der Waals surface area (Å²) in [4.78, 5) is 24.8. The minimum Gasteiger partial charge on any atom is -0.493 e. The largest absolute Gasteiger partial charge is 0.493 e. The fourth-order valence-corrected chi connectivity index (χ4v) is 4.10. The molecule has 0 bridgehead atoms. The first-order valence-corrected chi connectivity index (χ1v) is 11.4. The summed E-state index contributed by atoms with van der Waals surface area (Å²) in [6.07, 6.45) is 0. The maximum atomic E-state index is 12.7. The molecule has 8 nitrogen and oxygen atoms in total. The van der Waals surface area contributed by atoms with E-state index in [2.05, 4.69) is 15.6 Å². The number of anilines is 1. The van der Waals surface area contributed by atoms with Gasteiger partial charge in [0.15, 0.2) is 0 Å². The first kappa shape index (κ1) is 23.1. The predicted octanol–water partition coefficient (Wildman–Crippen LogP) is 3.61. The number of rotatable bonds is 7. The van der Waals surface area contributed by atoms with Crippen LogP contribution < -0.4 is 20.3 Å². The van der Waals surface area contributed by atoms with Gasteiger partial charge in [0.1, 0.15) is 5.75 Å². The van der Waals surface area contributed by atoms with Crippen molar-refractivity contribution in [3.8, 4) is 5.75 Å². The van der Waals surface area contributed by atoms with Gasteiger partial charge in [0, 0.05) is 5.56 Å². The lowest BCUT2D eigenvalue weighted by molar-refractivity contribution is 0.0844. The van der Waals surface area contributed by atoms with Crippen LogP contribution in [0.25, 0.3) is 0 Å². The molecule has 0 atom stereocenters. The van der Waals surface area contributed by atoms with Gasteiger partial charge in [-0.2, -0.15) is 0 Å². The zero-order valence-electron chi connectivity index (χ0n) is 17.0. The third kappa shape index (κ3) is 5.57. The smallest absolute Gasteiger partial charge is 0.273 e. The van der Waals surface area contributed by atoms with Crippen molar-refractivity contribution in [3.63, 3.8) is 0 Å². The van der Waals surface area contributed by atoms with Gasteiger partial charge in [-0.25, -0.2) is 8.42 Å². The van der Waals surface area contributed by atoms with Crippen LogP contribution in [0.3, 0.4) is 0 Å². The van der Waals surface area contributed by atoms with Crippen LogP contribution in [-0.4, -0.2) is 26.8 Å². The van der Waals surface area contributed by atoms with Crippen LogP contribution in [0.15, 0.2) is 77.7 Å². The number of halogens is 1. The van der Waals surface area contributed by atoms with Gasteiger partial charge in [-0.3, -0.25) is 25.2 Å². The monoisotopic (exact) mass is 473 g/mol. The lowest BCUT2D eigenvalue weighted by Crippen LogP contribution is -2.41. The number of hydrogen-bond donors (Lipinski definition) is 3. The number of para-hydroxylation sites is 2. The van der Waals surface area contributed by atoms with Gasteiger partial charge in [-0.1, -0.05) is 41.9 Å². The predicted molar refractivity (Wildman–Crippen MR) is 121 cm³/mol. The molecular formula is C22H20ClN3O5S. The summed E-state index contributed by atoms with van der Waals surface area (Å²) in [5.41, 5.74) is 5.06. The van der Waals surface area contributed by atoms with Crippen LogP contribution >= 0.6 is 11.6 Å². The Hall–Kier alpha value is -3.56. The number of amides is 2. The summed E-state index contributed by atoms with van der Waals surface area (Å²) in [5.74, 6) is -0.894. The highest BCUT2D eigenvalue weighted by molar-refractivity contribution is 7.92. The number of nitrogens with one attached hydrogen (secondary N) is 3. The minimum atomic E-state index is -4.00. The van der Waals surface area contributed by atoms with E-state index in [0.29, 0.717) is 12.4 Å². The molecule has 10 heteroatoms. The Morgan fingerprint density at radius 3 is 2.34 bits per heavy atom. The van der Waals surface area contributed by atoms with Gasteiger partial charge >= 0.3 is 0 Å². The van der Waals surface area contributed by atoms with Crippen molar-refractivity contribution >= 4 is 39.1 Å². The van der Waals surface area contributed by atoms with Gasteiger partial charge in [0.25, 0.3) is 21.8 Å². The molecule has 0 saturated carbocycles. The summed E-state index contributed by atoms with van der Waals surface area (Å²) in [5, 5.41) is 0.236. The molecule has 2 amide bonds. The summed E-state index contributed by atoms with van der Waals surface area (Å²) in [7, 11) is -4.00. The molecule has 0 aliphatic rings. The molecule has 0 aliphatic carbocycles.